The number of amides is 8. The van der Waals surface area contributed by atoms with Crippen LogP contribution >= 0.6 is 0 Å². The average Bonchev–Trinajstić information content (AvgIpc) is 0.854. The summed E-state index contributed by atoms with van der Waals surface area (Å²) in [5.41, 5.74) is 4.92. The summed E-state index contributed by atoms with van der Waals surface area (Å²) < 4.78 is 32.5. The van der Waals surface area contributed by atoms with Crippen molar-refractivity contribution in [1.29, 1.82) is 0 Å². The van der Waals surface area contributed by atoms with E-state index < -0.39 is 82.2 Å². The number of hydrogen-bond acceptors (Lipinski definition) is 23. The predicted molar refractivity (Wildman–Crippen MR) is 365 cm³/mol. The van der Waals surface area contributed by atoms with Crippen LogP contribution in [0.1, 0.15) is 94.3 Å². The first-order chi connectivity index (χ1) is 48.0. The molecule has 2 atom stereocenters. The molecule has 1 aliphatic carbocycles. The lowest BCUT2D eigenvalue weighted by atomic mass is 9.86. The number of nitrogens with zero attached hydrogens (tertiary/aromatic N) is 4. The summed E-state index contributed by atoms with van der Waals surface area (Å²) in [4.78, 5) is 133. The Hall–Kier alpha value is -8.21. The average molecular weight is 1390 g/mol. The number of nitrogens with two attached hydrogens (primary N) is 1. The predicted octanol–water partition coefficient (Wildman–Crippen LogP) is -1.19. The molecule has 3 aromatic carbocycles. The molecule has 0 saturated carbocycles. The summed E-state index contributed by atoms with van der Waals surface area (Å²) in [6.07, 6.45) is 3.55. The molecule has 8 bridgehead atoms. The number of nitrogens with one attached hydrogen (secondary N) is 8. The first-order valence-corrected chi connectivity index (χ1v) is 33.9. The van der Waals surface area contributed by atoms with Crippen molar-refractivity contribution in [2.45, 2.75) is 38.1 Å². The number of phenols is 3. The number of methoxy groups -OCH3 is 2. The zero-order chi connectivity index (χ0) is 71.2. The molecule has 31 heteroatoms. The SMILES string of the molecule is COCCOCCOCCN1CCNC(=O)c2cccc(c2O)C(=O)NCCN(CCN2CCNC(=O)C3CCC=C(C(=O)NCCN(CCOCCOCCOC)CCNC(=O)c4cccc(c4O)C(=O)NC(CCCCN)C2)C3=O)CCNC(=O)c2cccc(c2O)C(=O)NCC1. The molecule has 6 rings (SSSR count). The van der Waals surface area contributed by atoms with Gasteiger partial charge < -0.3 is 92.0 Å². The minimum atomic E-state index is -1.16. The van der Waals surface area contributed by atoms with E-state index in [0.29, 0.717) is 91.8 Å². The molecule has 2 heterocycles. The minimum absolute atomic E-state index is 0.00387. The van der Waals surface area contributed by atoms with Gasteiger partial charge in [-0.05, 0) is 68.6 Å². The van der Waals surface area contributed by atoms with E-state index >= 15 is 0 Å². The zero-order valence-corrected chi connectivity index (χ0v) is 57.0. The second kappa shape index (κ2) is 44.7. The van der Waals surface area contributed by atoms with E-state index in [2.05, 4.69) is 42.5 Å². The third-order valence-corrected chi connectivity index (χ3v) is 16.8. The molecule has 99 heavy (non-hydrogen) atoms. The van der Waals surface area contributed by atoms with Gasteiger partial charge in [0.15, 0.2) is 5.78 Å². The van der Waals surface area contributed by atoms with Crippen LogP contribution in [0, 0.1) is 5.92 Å². The number of unbranched alkanes of at least 4 members (excludes halogenated alkanes) is 1. The lowest BCUT2D eigenvalue weighted by Gasteiger charge is -2.31. The summed E-state index contributed by atoms with van der Waals surface area (Å²) in [5, 5.41) is 57.3. The number of benzene rings is 3. The third kappa shape index (κ3) is 27.1. The molecule has 8 amide bonds. The van der Waals surface area contributed by atoms with Gasteiger partial charge >= 0.3 is 0 Å². The number of ketones is 1. The fourth-order valence-corrected chi connectivity index (χ4v) is 11.2. The number of hydrogen-bond donors (Lipinski definition) is 12. The fourth-order valence-electron chi connectivity index (χ4n) is 11.2. The van der Waals surface area contributed by atoms with Crippen molar-refractivity contribution >= 4 is 53.0 Å². The van der Waals surface area contributed by atoms with Crippen LogP contribution in [0.15, 0.2) is 66.2 Å². The Bertz CT molecular complexity index is 3050. The number of rotatable bonds is 25. The Kier molecular flexibility index (Phi) is 36.0. The molecule has 0 spiro atoms. The number of phenolic OH excluding ortho intramolecular Hbond substituents is 3. The van der Waals surface area contributed by atoms with Gasteiger partial charge in [-0.3, -0.25) is 62.8 Å². The summed E-state index contributed by atoms with van der Waals surface area (Å²) >= 11 is 0. The summed E-state index contributed by atoms with van der Waals surface area (Å²) in [6, 6.07) is 12.2. The maximum atomic E-state index is 14.4. The van der Waals surface area contributed by atoms with E-state index in [1.807, 2.05) is 19.6 Å². The number of fused-ring (bicyclic) bond motifs is 8. The highest BCUT2D eigenvalue weighted by molar-refractivity contribution is 6.25. The van der Waals surface area contributed by atoms with Crippen molar-refractivity contribution in [3.05, 3.63) is 99.6 Å². The first-order valence-electron chi connectivity index (χ1n) is 33.9. The van der Waals surface area contributed by atoms with Crippen molar-refractivity contribution in [2.75, 3.05) is 211 Å². The molecule has 3 aliphatic rings. The van der Waals surface area contributed by atoms with E-state index in [1.54, 1.807) is 14.2 Å². The van der Waals surface area contributed by atoms with Crippen molar-refractivity contribution in [3.63, 3.8) is 0 Å². The highest BCUT2D eigenvalue weighted by Gasteiger charge is 2.35. The van der Waals surface area contributed by atoms with E-state index in [9.17, 15) is 58.5 Å². The van der Waals surface area contributed by atoms with Crippen LogP contribution in [0.25, 0.3) is 0 Å². The van der Waals surface area contributed by atoms with Gasteiger partial charge in [-0.1, -0.05) is 30.7 Å². The monoisotopic (exact) mass is 1390 g/mol. The molecule has 13 N–H and O–H groups in total. The Morgan fingerprint density at radius 1 is 0.424 bits per heavy atom. The van der Waals surface area contributed by atoms with E-state index in [4.69, 9.17) is 34.2 Å². The molecule has 0 saturated heterocycles. The van der Waals surface area contributed by atoms with Crippen LogP contribution in [0.4, 0.5) is 0 Å². The summed E-state index contributed by atoms with van der Waals surface area (Å²) in [5.74, 6) is -8.57. The highest BCUT2D eigenvalue weighted by atomic mass is 16.5. The lowest BCUT2D eigenvalue weighted by Crippen LogP contribution is -2.49. The Morgan fingerprint density at radius 2 is 0.768 bits per heavy atom. The molecule has 2 unspecified atom stereocenters. The van der Waals surface area contributed by atoms with Crippen LogP contribution in [-0.4, -0.2) is 305 Å². The topological polar surface area (TPSA) is 405 Å². The number of carbonyl (C=O) groups is 9. The normalized spacial score (nSPS) is 19.2. The zero-order valence-electron chi connectivity index (χ0n) is 57.0. The number of Topliss-reactive ketones (excluding diaryl/α,β-unsaturated/α-hetero) is 1. The van der Waals surface area contributed by atoms with Gasteiger partial charge in [-0.15, -0.1) is 0 Å². The Morgan fingerprint density at radius 3 is 1.17 bits per heavy atom. The molecule has 0 radical (unpaired) electrons. The van der Waals surface area contributed by atoms with Gasteiger partial charge in [-0.2, -0.15) is 0 Å². The maximum absolute atomic E-state index is 14.4. The molecular weight excluding hydrogens is 1290 g/mol. The standard InChI is InChI=1S/C68H101N13O18/c1-94-39-41-98-45-43-96-37-35-79-28-21-72-63(88)51-12-5-10-49(57(51)82)61(86)70-19-26-78(27-20-71-62(87)50-11-6-13-52(58(50)83)64(89)73-22-29-79)33-34-81-32-25-76-66(91)54-15-7-14-53(59(54)84)65(90)74-23-30-80(36-38-97-44-46-99-42-40-95-2)31-24-75-67(92)55-16-8-17-56(60(55)85)68(93)77-48(47-81)9-3-4-18-69/h5-6,8,10-14,16-17,48,54,82-83,85H,3-4,7,9,15,18-47,69H2,1-2H3,(H,70,86)(H,71,87)(H,72,88)(H,73,89)(H,74,90)(H,75,92)(H,76,91)(H,77,93). The number of aromatic hydroxyl groups is 3. The Labute approximate surface area is 577 Å². The van der Waals surface area contributed by atoms with Crippen molar-refractivity contribution in [2.24, 2.45) is 11.7 Å². The molecule has 546 valence electrons. The lowest BCUT2D eigenvalue weighted by molar-refractivity contribution is -0.133. The van der Waals surface area contributed by atoms with E-state index in [-0.39, 0.29) is 176 Å². The maximum Gasteiger partial charge on any atom is 0.255 e. The highest BCUT2D eigenvalue weighted by Crippen LogP contribution is 2.26. The second-order valence-electron chi connectivity index (χ2n) is 23.8. The van der Waals surface area contributed by atoms with Crippen LogP contribution < -0.4 is 48.3 Å². The smallest absolute Gasteiger partial charge is 0.255 e. The van der Waals surface area contributed by atoms with Crippen molar-refractivity contribution < 1.29 is 86.9 Å². The second-order valence-corrected chi connectivity index (χ2v) is 23.8. The van der Waals surface area contributed by atoms with Crippen LogP contribution in [-0.2, 0) is 42.8 Å². The van der Waals surface area contributed by atoms with Gasteiger partial charge in [0.2, 0.25) is 5.91 Å². The van der Waals surface area contributed by atoms with Gasteiger partial charge in [0.25, 0.3) is 41.4 Å². The van der Waals surface area contributed by atoms with Gasteiger partial charge in [0, 0.05) is 145 Å². The molecular formula is C68H101N13O18. The van der Waals surface area contributed by atoms with Crippen LogP contribution in [0.2, 0.25) is 0 Å². The van der Waals surface area contributed by atoms with Gasteiger partial charge in [0.1, 0.15) is 23.2 Å². The van der Waals surface area contributed by atoms with Crippen molar-refractivity contribution in [1.82, 2.24) is 62.1 Å². The van der Waals surface area contributed by atoms with Crippen molar-refractivity contribution in [3.8, 4) is 17.2 Å². The Balaban J connectivity index is 1.23. The molecule has 0 fully saturated rings. The number of allylic oxidation sites excluding steroid dienone is 1. The van der Waals surface area contributed by atoms with Crippen LogP contribution in [0.5, 0.6) is 17.2 Å². The van der Waals surface area contributed by atoms with E-state index in [1.165, 1.54) is 60.7 Å². The minimum Gasteiger partial charge on any atom is -0.506 e. The quantitative estimate of drug-likeness (QED) is 0.0270. The number of ether oxygens (including phenoxy) is 6. The third-order valence-electron chi connectivity index (χ3n) is 16.8. The summed E-state index contributed by atoms with van der Waals surface area (Å²) in [7, 11) is 3.16. The molecule has 3 aromatic rings. The van der Waals surface area contributed by atoms with Crippen LogP contribution in [0.3, 0.4) is 0 Å². The first kappa shape index (κ1) is 79.8. The molecule has 0 aromatic heterocycles. The fraction of sp³-hybridized carbons (Fsp3) is 0.574. The summed E-state index contributed by atoms with van der Waals surface area (Å²) in [6.45, 7) is 7.32. The van der Waals surface area contributed by atoms with Gasteiger partial charge in [-0.25, -0.2) is 0 Å². The molecule has 31 nitrogen and oxygen atoms in total. The number of para-hydroxylation sites is 3. The van der Waals surface area contributed by atoms with E-state index in [0.717, 1.165) is 0 Å². The largest absolute Gasteiger partial charge is 0.506 e. The number of carbonyl (C=O) groups excluding carboxylic acids is 9. The van der Waals surface area contributed by atoms with Gasteiger partial charge in [0.05, 0.1) is 105 Å². The molecule has 2 aliphatic heterocycles.